The highest BCUT2D eigenvalue weighted by molar-refractivity contribution is 7.99. The number of carbonyl (C=O) groups excluding carboxylic acids is 3. The van der Waals surface area contributed by atoms with Crippen LogP contribution in [0.4, 0.5) is 0 Å². The highest BCUT2D eigenvalue weighted by atomic mass is 32.2. The van der Waals surface area contributed by atoms with Crippen LogP contribution < -0.4 is 5.73 Å². The van der Waals surface area contributed by atoms with E-state index in [1.807, 2.05) is 6.92 Å². The molecule has 1 rings (SSSR count). The molecular weight excluding hydrogens is 454 g/mol. The van der Waals surface area contributed by atoms with Gasteiger partial charge in [0.25, 0.3) is 0 Å². The van der Waals surface area contributed by atoms with Crippen LogP contribution in [0.2, 0.25) is 0 Å². The van der Waals surface area contributed by atoms with Crippen LogP contribution in [-0.4, -0.2) is 125 Å². The average molecular weight is 502 g/mol. The number of aliphatic hydroxyl groups is 1. The van der Waals surface area contributed by atoms with E-state index in [0.717, 1.165) is 51.4 Å². The lowest BCUT2D eigenvalue weighted by Crippen LogP contribution is -2.56. The van der Waals surface area contributed by atoms with Gasteiger partial charge >= 0.3 is 0 Å². The topological polar surface area (TPSA) is 110 Å². The summed E-state index contributed by atoms with van der Waals surface area (Å²) in [6.45, 7) is 13.8. The summed E-state index contributed by atoms with van der Waals surface area (Å²) in [6, 6.07) is -1.64. The Bertz CT molecular complexity index is 650. The highest BCUT2D eigenvalue weighted by Crippen LogP contribution is 2.19. The number of amides is 3. The van der Waals surface area contributed by atoms with Crippen LogP contribution in [0, 0.1) is 0 Å². The molecule has 0 bridgehead atoms. The van der Waals surface area contributed by atoms with Crippen LogP contribution in [0.1, 0.15) is 53.4 Å². The van der Waals surface area contributed by atoms with Gasteiger partial charge in [0.2, 0.25) is 17.7 Å². The normalized spacial score (nSPS) is 17.3. The Kier molecular flexibility index (Phi) is 13.4. The standard InChI is InChI=1S/C24H47N5O4S/c1-7-10-21(30)26(5)20(23(32)27(6)19(22(25)31)17-24(3,4)33)18-34-16-9-11-29-14-12-28(8-2)13-15-29/h19-20,33H,7-18H2,1-6H3,(H2,25,31)/t19-,20+/m0/s1. The molecule has 0 spiro atoms. The number of hydrogen-bond donors (Lipinski definition) is 2. The van der Waals surface area contributed by atoms with Crippen molar-refractivity contribution >= 4 is 29.5 Å². The molecule has 0 aromatic heterocycles. The van der Waals surface area contributed by atoms with Crippen LogP contribution in [-0.2, 0) is 14.4 Å². The van der Waals surface area contributed by atoms with Gasteiger partial charge in [0.1, 0.15) is 12.1 Å². The van der Waals surface area contributed by atoms with E-state index in [4.69, 9.17) is 5.73 Å². The van der Waals surface area contributed by atoms with E-state index < -0.39 is 23.6 Å². The minimum atomic E-state index is -1.16. The lowest BCUT2D eigenvalue weighted by molar-refractivity contribution is -0.147. The van der Waals surface area contributed by atoms with E-state index in [9.17, 15) is 19.5 Å². The largest absolute Gasteiger partial charge is 0.390 e. The molecule has 1 fully saturated rings. The van der Waals surface area contributed by atoms with Gasteiger partial charge < -0.3 is 30.4 Å². The first-order chi connectivity index (χ1) is 15.9. The first-order valence-corrected chi connectivity index (χ1v) is 13.6. The quantitative estimate of drug-likeness (QED) is 0.320. The molecule has 1 aliphatic heterocycles. The highest BCUT2D eigenvalue weighted by Gasteiger charge is 2.36. The van der Waals surface area contributed by atoms with Gasteiger partial charge in [-0.05, 0) is 45.5 Å². The van der Waals surface area contributed by atoms with Gasteiger partial charge in [0.05, 0.1) is 5.60 Å². The van der Waals surface area contributed by atoms with Crippen molar-refractivity contribution in [3.63, 3.8) is 0 Å². The molecule has 34 heavy (non-hydrogen) atoms. The van der Waals surface area contributed by atoms with Gasteiger partial charge in [-0.1, -0.05) is 13.8 Å². The predicted octanol–water partition coefficient (Wildman–Crippen LogP) is 0.848. The van der Waals surface area contributed by atoms with E-state index in [0.29, 0.717) is 18.6 Å². The number of primary amides is 1. The van der Waals surface area contributed by atoms with Crippen molar-refractivity contribution in [2.24, 2.45) is 5.73 Å². The number of rotatable bonds is 15. The smallest absolute Gasteiger partial charge is 0.246 e. The second kappa shape index (κ2) is 14.9. The predicted molar refractivity (Wildman–Crippen MR) is 139 cm³/mol. The molecule has 10 heteroatoms. The third kappa shape index (κ3) is 10.5. The van der Waals surface area contributed by atoms with Gasteiger partial charge in [-0.2, -0.15) is 11.8 Å². The lowest BCUT2D eigenvalue weighted by Gasteiger charge is -2.35. The van der Waals surface area contributed by atoms with Crippen molar-refractivity contribution in [2.45, 2.75) is 71.1 Å². The van der Waals surface area contributed by atoms with Crippen molar-refractivity contribution < 1.29 is 19.5 Å². The molecule has 0 radical (unpaired) electrons. The van der Waals surface area contributed by atoms with Gasteiger partial charge in [-0.3, -0.25) is 14.4 Å². The van der Waals surface area contributed by atoms with Crippen molar-refractivity contribution in [3.8, 4) is 0 Å². The monoisotopic (exact) mass is 501 g/mol. The number of piperazine rings is 1. The number of likely N-dealkylation sites (N-methyl/N-ethyl adjacent to an activating group) is 3. The number of carbonyl (C=O) groups is 3. The Morgan fingerprint density at radius 2 is 1.62 bits per heavy atom. The molecule has 3 N–H and O–H groups in total. The molecule has 198 valence electrons. The van der Waals surface area contributed by atoms with Crippen molar-refractivity contribution in [2.75, 3.05) is 64.9 Å². The number of hydrogen-bond acceptors (Lipinski definition) is 7. The summed E-state index contributed by atoms with van der Waals surface area (Å²) in [4.78, 5) is 45.8. The van der Waals surface area contributed by atoms with E-state index in [2.05, 4.69) is 16.7 Å². The Hall–Kier alpha value is -1.36. The maximum Gasteiger partial charge on any atom is 0.246 e. The molecule has 3 amide bonds. The fourth-order valence-electron chi connectivity index (χ4n) is 4.12. The van der Waals surface area contributed by atoms with Crippen LogP contribution in [0.15, 0.2) is 0 Å². The molecule has 1 saturated heterocycles. The molecule has 9 nitrogen and oxygen atoms in total. The minimum Gasteiger partial charge on any atom is -0.390 e. The van der Waals surface area contributed by atoms with Gasteiger partial charge in [-0.25, -0.2) is 0 Å². The van der Waals surface area contributed by atoms with Crippen LogP contribution in [0.25, 0.3) is 0 Å². The van der Waals surface area contributed by atoms with Crippen molar-refractivity contribution in [3.05, 3.63) is 0 Å². The van der Waals surface area contributed by atoms with Gasteiger partial charge in [0, 0.05) is 58.9 Å². The van der Waals surface area contributed by atoms with Gasteiger partial charge in [-0.15, -0.1) is 0 Å². The molecule has 0 saturated carbocycles. The van der Waals surface area contributed by atoms with Crippen LogP contribution in [0.3, 0.4) is 0 Å². The zero-order chi connectivity index (χ0) is 25.9. The van der Waals surface area contributed by atoms with Gasteiger partial charge in [0.15, 0.2) is 0 Å². The Morgan fingerprint density at radius 1 is 1.03 bits per heavy atom. The molecule has 1 aliphatic rings. The Labute approximate surface area is 210 Å². The first kappa shape index (κ1) is 30.7. The van der Waals surface area contributed by atoms with Crippen molar-refractivity contribution in [1.29, 1.82) is 0 Å². The van der Waals surface area contributed by atoms with Crippen LogP contribution in [0.5, 0.6) is 0 Å². The number of thioether (sulfide) groups is 1. The maximum atomic E-state index is 13.4. The minimum absolute atomic E-state index is 0.0301. The van der Waals surface area contributed by atoms with Crippen molar-refractivity contribution in [1.82, 2.24) is 19.6 Å². The maximum absolute atomic E-state index is 13.4. The molecule has 0 unspecified atom stereocenters. The molecule has 0 aromatic rings. The fourth-order valence-corrected chi connectivity index (χ4v) is 5.21. The van der Waals surface area contributed by atoms with E-state index in [1.165, 1.54) is 16.8 Å². The van der Waals surface area contributed by atoms with Crippen LogP contribution >= 0.6 is 11.8 Å². The zero-order valence-corrected chi connectivity index (χ0v) is 22.9. The first-order valence-electron chi connectivity index (χ1n) is 12.5. The third-order valence-corrected chi connectivity index (χ3v) is 7.53. The summed E-state index contributed by atoms with van der Waals surface area (Å²) < 4.78 is 0. The summed E-state index contributed by atoms with van der Waals surface area (Å²) in [6.07, 6.45) is 2.10. The molecule has 2 atom stereocenters. The molecule has 0 aliphatic carbocycles. The van der Waals surface area contributed by atoms with E-state index in [-0.39, 0.29) is 18.2 Å². The summed E-state index contributed by atoms with van der Waals surface area (Å²) in [5.41, 5.74) is 4.40. The summed E-state index contributed by atoms with van der Waals surface area (Å²) in [5, 5.41) is 10.2. The number of nitrogens with two attached hydrogens (primary N) is 1. The SMILES string of the molecule is CCCC(=O)N(C)[C@H](CSCCCN1CCN(CC)CC1)C(=O)N(C)[C@@H](CC(C)(C)O)C(N)=O. The van der Waals surface area contributed by atoms with E-state index in [1.54, 1.807) is 32.7 Å². The van der Waals surface area contributed by atoms with E-state index >= 15 is 0 Å². The fraction of sp³-hybridized carbons (Fsp3) is 0.875. The third-order valence-electron chi connectivity index (χ3n) is 6.40. The Morgan fingerprint density at radius 3 is 2.12 bits per heavy atom. The summed E-state index contributed by atoms with van der Waals surface area (Å²) in [7, 11) is 3.17. The molecule has 1 heterocycles. The summed E-state index contributed by atoms with van der Waals surface area (Å²) >= 11 is 1.65. The average Bonchev–Trinajstić information content (AvgIpc) is 2.78. The summed E-state index contributed by atoms with van der Waals surface area (Å²) in [5.74, 6) is 0.243. The second-order valence-corrected chi connectivity index (χ2v) is 11.0. The Balaban J connectivity index is 2.74. The zero-order valence-electron chi connectivity index (χ0n) is 22.1. The molecular formula is C24H47N5O4S. The number of nitrogens with zero attached hydrogens (tertiary/aromatic N) is 4. The molecule has 0 aromatic carbocycles. The second-order valence-electron chi connectivity index (χ2n) is 9.86. The lowest BCUT2D eigenvalue weighted by atomic mass is 9.97.